The van der Waals surface area contributed by atoms with Gasteiger partial charge in [-0.15, -0.1) is 0 Å². The van der Waals surface area contributed by atoms with Gasteiger partial charge in [0.05, 0.1) is 12.9 Å². The molecule has 3 aromatic rings. The molecular formula is C22H22N4O4S. The van der Waals surface area contributed by atoms with Gasteiger partial charge in [-0.3, -0.25) is 14.2 Å². The first-order valence-corrected chi connectivity index (χ1v) is 10.4. The molecule has 0 aliphatic carbocycles. The summed E-state index contributed by atoms with van der Waals surface area (Å²) in [6.07, 6.45) is 0. The number of anilines is 1. The number of carbonyl (C=O) groups excluding carboxylic acids is 2. The highest BCUT2D eigenvalue weighted by Gasteiger charge is 2.23. The number of benzene rings is 2. The van der Waals surface area contributed by atoms with Gasteiger partial charge in [-0.2, -0.15) is 4.98 Å². The van der Waals surface area contributed by atoms with Gasteiger partial charge in [0.1, 0.15) is 5.82 Å². The Morgan fingerprint density at radius 3 is 2.58 bits per heavy atom. The molecule has 160 valence electrons. The molecule has 0 aliphatic heterocycles. The van der Waals surface area contributed by atoms with Crippen LogP contribution in [0, 0.1) is 6.92 Å². The Hall–Kier alpha value is -3.59. The second-order valence-electron chi connectivity index (χ2n) is 6.70. The summed E-state index contributed by atoms with van der Waals surface area (Å²) in [6, 6.07) is 16.6. The van der Waals surface area contributed by atoms with E-state index in [1.807, 2.05) is 37.3 Å². The van der Waals surface area contributed by atoms with Crippen molar-refractivity contribution in [1.29, 1.82) is 0 Å². The van der Waals surface area contributed by atoms with Crippen LogP contribution in [0.5, 0.6) is 0 Å². The van der Waals surface area contributed by atoms with Crippen molar-refractivity contribution < 1.29 is 14.3 Å². The molecule has 1 amide bonds. The third kappa shape index (κ3) is 5.52. The molecule has 0 aliphatic rings. The van der Waals surface area contributed by atoms with Gasteiger partial charge in [0.25, 0.3) is 5.56 Å². The van der Waals surface area contributed by atoms with Crippen LogP contribution in [0.15, 0.2) is 70.6 Å². The van der Waals surface area contributed by atoms with E-state index in [9.17, 15) is 14.4 Å². The van der Waals surface area contributed by atoms with Crippen LogP contribution in [0.1, 0.15) is 17.2 Å². The number of nitrogens with one attached hydrogen (secondary N) is 1. The maximum absolute atomic E-state index is 12.6. The van der Waals surface area contributed by atoms with Crippen LogP contribution in [0.2, 0.25) is 0 Å². The van der Waals surface area contributed by atoms with Gasteiger partial charge in [-0.25, -0.2) is 4.79 Å². The number of hydrogen-bond acceptors (Lipinski definition) is 7. The quantitative estimate of drug-likeness (QED) is 0.330. The third-order valence-corrected chi connectivity index (χ3v) is 5.33. The largest absolute Gasteiger partial charge is 0.467 e. The zero-order valence-electron chi connectivity index (χ0n) is 17.1. The minimum absolute atomic E-state index is 0.0813. The smallest absolute Gasteiger partial charge is 0.333 e. The van der Waals surface area contributed by atoms with Crippen LogP contribution in [0.25, 0.3) is 5.69 Å². The Balaban J connectivity index is 1.81. The Kier molecular flexibility index (Phi) is 7.09. The lowest BCUT2D eigenvalue weighted by Gasteiger charge is -2.18. The van der Waals surface area contributed by atoms with Gasteiger partial charge in [-0.1, -0.05) is 54.2 Å². The number of hydrogen-bond donors (Lipinski definition) is 2. The number of carbonyl (C=O) groups is 2. The van der Waals surface area contributed by atoms with Crippen molar-refractivity contribution in [1.82, 2.24) is 14.9 Å². The molecule has 1 atom stereocenters. The van der Waals surface area contributed by atoms with E-state index >= 15 is 0 Å². The predicted octanol–water partition coefficient (Wildman–Crippen LogP) is 2.25. The molecule has 3 N–H and O–H groups in total. The van der Waals surface area contributed by atoms with Crippen molar-refractivity contribution >= 4 is 29.5 Å². The number of thioether (sulfide) groups is 1. The van der Waals surface area contributed by atoms with E-state index in [2.05, 4.69) is 10.3 Å². The molecule has 0 radical (unpaired) electrons. The van der Waals surface area contributed by atoms with Gasteiger partial charge in [0, 0.05) is 11.8 Å². The van der Waals surface area contributed by atoms with Gasteiger partial charge >= 0.3 is 5.97 Å². The summed E-state index contributed by atoms with van der Waals surface area (Å²) in [4.78, 5) is 40.7. The normalized spacial score (nSPS) is 11.5. The molecule has 1 heterocycles. The third-order valence-electron chi connectivity index (χ3n) is 4.39. The number of rotatable bonds is 7. The maximum Gasteiger partial charge on any atom is 0.333 e. The fourth-order valence-corrected chi connectivity index (χ4v) is 3.81. The molecule has 0 saturated heterocycles. The first-order chi connectivity index (χ1) is 14.9. The number of nitrogens with two attached hydrogens (primary N) is 1. The molecule has 0 unspecified atom stereocenters. The summed E-state index contributed by atoms with van der Waals surface area (Å²) < 4.78 is 6.43. The zero-order chi connectivity index (χ0) is 22.4. The molecule has 0 fully saturated rings. The van der Waals surface area contributed by atoms with Gasteiger partial charge in [-0.05, 0) is 30.2 Å². The van der Waals surface area contributed by atoms with Gasteiger partial charge < -0.3 is 15.8 Å². The molecule has 9 heteroatoms. The van der Waals surface area contributed by atoms with Crippen molar-refractivity contribution in [2.75, 3.05) is 18.6 Å². The summed E-state index contributed by atoms with van der Waals surface area (Å²) in [5, 5.41) is 2.95. The molecule has 31 heavy (non-hydrogen) atoms. The average Bonchev–Trinajstić information content (AvgIpc) is 2.75. The molecule has 0 bridgehead atoms. The summed E-state index contributed by atoms with van der Waals surface area (Å²) in [5.41, 5.74) is 7.91. The lowest BCUT2D eigenvalue weighted by Crippen LogP contribution is -2.35. The van der Waals surface area contributed by atoms with Crippen LogP contribution in [0.4, 0.5) is 5.82 Å². The van der Waals surface area contributed by atoms with E-state index in [1.54, 1.807) is 28.8 Å². The zero-order valence-corrected chi connectivity index (χ0v) is 17.9. The van der Waals surface area contributed by atoms with Crippen LogP contribution in [-0.2, 0) is 14.3 Å². The van der Waals surface area contributed by atoms with E-state index in [4.69, 9.17) is 10.5 Å². The molecule has 8 nitrogen and oxygen atoms in total. The molecular weight excluding hydrogens is 416 g/mol. The van der Waals surface area contributed by atoms with E-state index < -0.39 is 23.5 Å². The van der Waals surface area contributed by atoms with Crippen molar-refractivity contribution in [2.45, 2.75) is 18.1 Å². The van der Waals surface area contributed by atoms with Crippen LogP contribution in [0.3, 0.4) is 0 Å². The predicted molar refractivity (Wildman–Crippen MR) is 119 cm³/mol. The summed E-state index contributed by atoms with van der Waals surface area (Å²) in [7, 11) is 1.26. The van der Waals surface area contributed by atoms with Gasteiger partial charge in [0.2, 0.25) is 5.91 Å². The highest BCUT2D eigenvalue weighted by Crippen LogP contribution is 2.23. The Morgan fingerprint density at radius 2 is 1.90 bits per heavy atom. The second-order valence-corrected chi connectivity index (χ2v) is 7.64. The summed E-state index contributed by atoms with van der Waals surface area (Å²) in [5.74, 6) is -0.868. The minimum Gasteiger partial charge on any atom is -0.467 e. The van der Waals surface area contributed by atoms with Crippen LogP contribution >= 0.6 is 11.8 Å². The number of aryl methyl sites for hydroxylation is 1. The molecule has 0 spiro atoms. The highest BCUT2D eigenvalue weighted by atomic mass is 32.2. The SMILES string of the molecule is COC(=O)[C@H](NC(=O)CSc1nc(=O)cc(N)n1-c1cccc(C)c1)c1ccccc1. The van der Waals surface area contributed by atoms with Crippen LogP contribution < -0.4 is 16.6 Å². The Bertz CT molecular complexity index is 1150. The average molecular weight is 439 g/mol. The number of aromatic nitrogens is 2. The summed E-state index contributed by atoms with van der Waals surface area (Å²) >= 11 is 1.05. The number of nitrogen functional groups attached to an aromatic ring is 1. The van der Waals surface area contributed by atoms with E-state index in [1.165, 1.54) is 13.2 Å². The minimum atomic E-state index is -0.938. The molecule has 3 rings (SSSR count). The second kappa shape index (κ2) is 9.94. The van der Waals surface area contributed by atoms with Crippen molar-refractivity contribution in [3.63, 3.8) is 0 Å². The fraction of sp³-hybridized carbons (Fsp3) is 0.182. The number of ether oxygens (including phenoxy) is 1. The topological polar surface area (TPSA) is 116 Å². The molecule has 1 aromatic heterocycles. The molecule has 2 aromatic carbocycles. The number of amides is 1. The van der Waals surface area contributed by atoms with E-state index in [-0.39, 0.29) is 16.7 Å². The lowest BCUT2D eigenvalue weighted by molar-refractivity contribution is -0.145. The van der Waals surface area contributed by atoms with Crippen LogP contribution in [-0.4, -0.2) is 34.3 Å². The highest BCUT2D eigenvalue weighted by molar-refractivity contribution is 7.99. The lowest BCUT2D eigenvalue weighted by atomic mass is 10.1. The van der Waals surface area contributed by atoms with Gasteiger partial charge in [0.15, 0.2) is 11.2 Å². The standard InChI is InChI=1S/C22H22N4O4S/c1-14-7-6-10-16(11-14)26-17(23)12-18(27)25-22(26)31-13-19(28)24-20(21(29)30-2)15-8-4-3-5-9-15/h3-12,20H,13,23H2,1-2H3,(H,24,28)/t20-/m1/s1. The van der Waals surface area contributed by atoms with E-state index in [0.717, 1.165) is 23.0 Å². The number of nitrogens with zero attached hydrogens (tertiary/aromatic N) is 2. The van der Waals surface area contributed by atoms with E-state index in [0.29, 0.717) is 5.56 Å². The number of methoxy groups -OCH3 is 1. The summed E-state index contributed by atoms with van der Waals surface area (Å²) in [6.45, 7) is 1.94. The Labute approximate surface area is 183 Å². The van der Waals surface area contributed by atoms with Crippen molar-refractivity contribution in [3.05, 3.63) is 82.1 Å². The first kappa shape index (κ1) is 22.1. The van der Waals surface area contributed by atoms with Crippen molar-refractivity contribution in [3.8, 4) is 5.69 Å². The molecule has 0 saturated carbocycles. The Morgan fingerprint density at radius 1 is 1.16 bits per heavy atom. The maximum atomic E-state index is 12.6. The first-order valence-electron chi connectivity index (χ1n) is 9.40. The number of esters is 1. The fourth-order valence-electron chi connectivity index (χ4n) is 2.98. The van der Waals surface area contributed by atoms with Crippen molar-refractivity contribution in [2.24, 2.45) is 0 Å². The monoisotopic (exact) mass is 438 g/mol.